The summed E-state index contributed by atoms with van der Waals surface area (Å²) < 4.78 is 27.8. The van der Waals surface area contributed by atoms with Crippen molar-refractivity contribution in [3.05, 3.63) is 0 Å². The van der Waals surface area contributed by atoms with Crippen molar-refractivity contribution in [3.8, 4) is 0 Å². The van der Waals surface area contributed by atoms with E-state index in [1.54, 1.807) is 11.4 Å². The number of hydrogen-bond acceptors (Lipinski definition) is 3. The van der Waals surface area contributed by atoms with E-state index in [0.29, 0.717) is 31.6 Å². The van der Waals surface area contributed by atoms with Crippen LogP contribution in [0.4, 0.5) is 0 Å². The van der Waals surface area contributed by atoms with E-state index >= 15 is 0 Å². The van der Waals surface area contributed by atoms with Crippen molar-refractivity contribution in [2.24, 2.45) is 5.92 Å². The normalized spacial score (nSPS) is 21.7. The van der Waals surface area contributed by atoms with Crippen LogP contribution in [-0.4, -0.2) is 56.3 Å². The van der Waals surface area contributed by atoms with Crippen LogP contribution in [0.2, 0.25) is 0 Å². The molecular weight excluding hydrogens is 262 g/mol. The van der Waals surface area contributed by atoms with Crippen LogP contribution in [0.15, 0.2) is 0 Å². The molecule has 0 aromatic rings. The zero-order chi connectivity index (χ0) is 14.5. The highest BCUT2D eigenvalue weighted by molar-refractivity contribution is 7.86. The molecule has 114 valence electrons. The Labute approximate surface area is 118 Å². The summed E-state index contributed by atoms with van der Waals surface area (Å²) in [6, 6.07) is 0.450. The molecular formula is C13H29N3O2S. The van der Waals surface area contributed by atoms with Gasteiger partial charge in [0.2, 0.25) is 0 Å². The molecule has 5 nitrogen and oxygen atoms in total. The minimum atomic E-state index is -3.24. The van der Waals surface area contributed by atoms with Gasteiger partial charge in [-0.1, -0.05) is 27.2 Å². The second-order valence-electron chi connectivity index (χ2n) is 5.71. The van der Waals surface area contributed by atoms with Gasteiger partial charge in [0.05, 0.1) is 0 Å². The fraction of sp³-hybridized carbons (Fsp3) is 1.00. The molecule has 0 amide bonds. The van der Waals surface area contributed by atoms with Gasteiger partial charge in [-0.2, -0.15) is 17.0 Å². The Hall–Kier alpha value is -0.170. The second-order valence-corrected chi connectivity index (χ2v) is 7.75. The SMILES string of the molecule is CCC1CCN(S(=O)(=O)N(C)CCCNC(C)C)C1. The lowest BCUT2D eigenvalue weighted by Crippen LogP contribution is -2.41. The van der Waals surface area contributed by atoms with Crippen molar-refractivity contribution >= 4 is 10.2 Å². The number of hydrogen-bond donors (Lipinski definition) is 1. The van der Waals surface area contributed by atoms with Crippen LogP contribution < -0.4 is 5.32 Å². The van der Waals surface area contributed by atoms with Crippen molar-refractivity contribution in [2.45, 2.75) is 46.1 Å². The van der Waals surface area contributed by atoms with Crippen LogP contribution >= 0.6 is 0 Å². The monoisotopic (exact) mass is 291 g/mol. The summed E-state index contributed by atoms with van der Waals surface area (Å²) in [5.74, 6) is 0.533. The molecule has 0 aromatic carbocycles. The Bertz CT molecular complexity index is 357. The van der Waals surface area contributed by atoms with Crippen LogP contribution in [0.1, 0.15) is 40.0 Å². The van der Waals surface area contributed by atoms with E-state index in [9.17, 15) is 8.42 Å². The molecule has 0 bridgehead atoms. The molecule has 1 fully saturated rings. The van der Waals surface area contributed by atoms with Crippen LogP contribution in [0.3, 0.4) is 0 Å². The predicted molar refractivity (Wildman–Crippen MR) is 79.3 cm³/mol. The summed E-state index contributed by atoms with van der Waals surface area (Å²) in [4.78, 5) is 0. The average Bonchev–Trinajstić information content (AvgIpc) is 2.83. The third-order valence-electron chi connectivity index (χ3n) is 3.75. The Morgan fingerprint density at radius 3 is 2.63 bits per heavy atom. The first-order valence-corrected chi connectivity index (χ1v) is 8.72. The molecule has 1 aliphatic rings. The van der Waals surface area contributed by atoms with E-state index in [2.05, 4.69) is 26.1 Å². The molecule has 1 N–H and O–H groups in total. The van der Waals surface area contributed by atoms with E-state index in [1.807, 2.05) is 0 Å². The Kier molecular flexibility index (Phi) is 6.73. The molecule has 1 saturated heterocycles. The predicted octanol–water partition coefficient (Wildman–Crippen LogP) is 1.28. The van der Waals surface area contributed by atoms with Crippen molar-refractivity contribution in [3.63, 3.8) is 0 Å². The number of nitrogens with zero attached hydrogens (tertiary/aromatic N) is 2. The van der Waals surface area contributed by atoms with Crippen molar-refractivity contribution < 1.29 is 8.42 Å². The first kappa shape index (κ1) is 16.9. The van der Waals surface area contributed by atoms with Gasteiger partial charge in [-0.3, -0.25) is 0 Å². The van der Waals surface area contributed by atoms with Gasteiger partial charge in [0.15, 0.2) is 0 Å². The van der Waals surface area contributed by atoms with Crippen molar-refractivity contribution in [1.29, 1.82) is 0 Å². The number of rotatable bonds is 8. The van der Waals surface area contributed by atoms with Crippen LogP contribution in [0.25, 0.3) is 0 Å². The lowest BCUT2D eigenvalue weighted by molar-refractivity contribution is 0.379. The fourth-order valence-corrected chi connectivity index (χ4v) is 3.83. The summed E-state index contributed by atoms with van der Waals surface area (Å²) in [6.07, 6.45) is 2.91. The summed E-state index contributed by atoms with van der Waals surface area (Å²) in [5, 5.41) is 3.30. The fourth-order valence-electron chi connectivity index (χ4n) is 2.34. The molecule has 6 heteroatoms. The van der Waals surface area contributed by atoms with Gasteiger partial charge in [0.25, 0.3) is 10.2 Å². The summed E-state index contributed by atoms with van der Waals surface area (Å²) >= 11 is 0. The molecule has 0 aliphatic carbocycles. The van der Waals surface area contributed by atoms with E-state index in [1.165, 1.54) is 4.31 Å². The Morgan fingerprint density at radius 1 is 1.42 bits per heavy atom. The first-order valence-electron chi connectivity index (χ1n) is 7.32. The molecule has 0 saturated carbocycles. The van der Waals surface area contributed by atoms with Gasteiger partial charge in [-0.15, -0.1) is 0 Å². The minimum absolute atomic E-state index is 0.450. The third kappa shape index (κ3) is 5.02. The van der Waals surface area contributed by atoms with Gasteiger partial charge in [-0.25, -0.2) is 0 Å². The highest BCUT2D eigenvalue weighted by Gasteiger charge is 2.32. The average molecular weight is 291 g/mol. The maximum absolute atomic E-state index is 12.4. The molecule has 0 spiro atoms. The Morgan fingerprint density at radius 2 is 2.11 bits per heavy atom. The van der Waals surface area contributed by atoms with E-state index in [4.69, 9.17) is 0 Å². The molecule has 1 rings (SSSR count). The van der Waals surface area contributed by atoms with E-state index < -0.39 is 10.2 Å². The molecule has 1 unspecified atom stereocenters. The zero-order valence-corrected chi connectivity index (χ0v) is 13.5. The van der Waals surface area contributed by atoms with Gasteiger partial charge in [0, 0.05) is 32.7 Å². The van der Waals surface area contributed by atoms with Gasteiger partial charge in [-0.05, 0) is 25.3 Å². The van der Waals surface area contributed by atoms with Gasteiger partial charge >= 0.3 is 0 Å². The topological polar surface area (TPSA) is 52.7 Å². The number of nitrogens with one attached hydrogen (secondary N) is 1. The van der Waals surface area contributed by atoms with Crippen LogP contribution in [0, 0.1) is 5.92 Å². The summed E-state index contributed by atoms with van der Waals surface area (Å²) in [5.41, 5.74) is 0. The van der Waals surface area contributed by atoms with Crippen molar-refractivity contribution in [1.82, 2.24) is 13.9 Å². The lowest BCUT2D eigenvalue weighted by Gasteiger charge is -2.24. The molecule has 1 aliphatic heterocycles. The van der Waals surface area contributed by atoms with E-state index in [-0.39, 0.29) is 0 Å². The minimum Gasteiger partial charge on any atom is -0.314 e. The largest absolute Gasteiger partial charge is 0.314 e. The second kappa shape index (κ2) is 7.57. The van der Waals surface area contributed by atoms with Crippen LogP contribution in [-0.2, 0) is 10.2 Å². The van der Waals surface area contributed by atoms with Gasteiger partial charge in [0.1, 0.15) is 0 Å². The smallest absolute Gasteiger partial charge is 0.281 e. The standard InChI is InChI=1S/C13H29N3O2S/c1-5-13-7-10-16(11-13)19(17,18)15(4)9-6-8-14-12(2)3/h12-14H,5-11H2,1-4H3. The van der Waals surface area contributed by atoms with E-state index in [0.717, 1.165) is 25.8 Å². The van der Waals surface area contributed by atoms with Gasteiger partial charge < -0.3 is 5.32 Å². The highest BCUT2D eigenvalue weighted by Crippen LogP contribution is 2.23. The molecule has 0 radical (unpaired) electrons. The highest BCUT2D eigenvalue weighted by atomic mass is 32.2. The lowest BCUT2D eigenvalue weighted by atomic mass is 10.1. The molecule has 0 aromatic heterocycles. The Balaban J connectivity index is 2.39. The maximum atomic E-state index is 12.4. The zero-order valence-electron chi connectivity index (χ0n) is 12.7. The molecule has 19 heavy (non-hydrogen) atoms. The molecule has 1 heterocycles. The molecule has 1 atom stereocenters. The maximum Gasteiger partial charge on any atom is 0.281 e. The van der Waals surface area contributed by atoms with Crippen molar-refractivity contribution in [2.75, 3.05) is 33.2 Å². The van der Waals surface area contributed by atoms with Crippen LogP contribution in [0.5, 0.6) is 0 Å². The summed E-state index contributed by atoms with van der Waals surface area (Å²) in [7, 11) is -1.56. The summed E-state index contributed by atoms with van der Waals surface area (Å²) in [6.45, 7) is 9.11. The quantitative estimate of drug-likeness (QED) is 0.686. The first-order chi connectivity index (χ1) is 8.87. The third-order valence-corrected chi connectivity index (χ3v) is 5.70.